The van der Waals surface area contributed by atoms with Crippen LogP contribution in [0.3, 0.4) is 0 Å². The number of nitrogens with zero attached hydrogens (tertiary/aromatic N) is 1. The summed E-state index contributed by atoms with van der Waals surface area (Å²) in [6, 6.07) is 4.55. The van der Waals surface area contributed by atoms with Crippen LogP contribution in [-0.4, -0.2) is 18.3 Å². The topological polar surface area (TPSA) is 64.9 Å². The SMILES string of the molecule is N#C/C(=C/NCCCl)C(=O)Nc1ccc(Cl)c(C(F)(F)F)c1. The first-order chi connectivity index (χ1) is 10.3. The number of carbonyl (C=O) groups is 1. The molecule has 4 nitrogen and oxygen atoms in total. The van der Waals surface area contributed by atoms with E-state index in [1.165, 1.54) is 6.07 Å². The lowest BCUT2D eigenvalue weighted by molar-refractivity contribution is -0.137. The van der Waals surface area contributed by atoms with Crippen LogP contribution in [0.5, 0.6) is 0 Å². The van der Waals surface area contributed by atoms with Crippen LogP contribution < -0.4 is 10.6 Å². The Bertz CT molecular complexity index is 624. The van der Waals surface area contributed by atoms with Gasteiger partial charge in [0.05, 0.1) is 10.6 Å². The number of benzene rings is 1. The van der Waals surface area contributed by atoms with Crippen molar-refractivity contribution in [1.82, 2.24) is 5.32 Å². The number of nitriles is 1. The smallest absolute Gasteiger partial charge is 0.388 e. The molecule has 1 aromatic carbocycles. The summed E-state index contributed by atoms with van der Waals surface area (Å²) in [4.78, 5) is 11.8. The van der Waals surface area contributed by atoms with E-state index in [2.05, 4.69) is 10.6 Å². The molecular formula is C13H10Cl2F3N3O. The molecule has 0 heterocycles. The van der Waals surface area contributed by atoms with Crippen molar-refractivity contribution in [2.24, 2.45) is 0 Å². The molecule has 0 aliphatic carbocycles. The number of rotatable bonds is 5. The molecule has 0 bridgehead atoms. The summed E-state index contributed by atoms with van der Waals surface area (Å²) in [6.45, 7) is 0.333. The van der Waals surface area contributed by atoms with Crippen molar-refractivity contribution >= 4 is 34.8 Å². The third-order valence-corrected chi connectivity index (χ3v) is 2.90. The average molecular weight is 352 g/mol. The fraction of sp³-hybridized carbons (Fsp3) is 0.231. The van der Waals surface area contributed by atoms with Crippen molar-refractivity contribution in [3.63, 3.8) is 0 Å². The molecule has 0 saturated heterocycles. The fourth-order valence-corrected chi connectivity index (χ4v) is 1.73. The Kier molecular flexibility index (Phi) is 6.53. The van der Waals surface area contributed by atoms with Gasteiger partial charge in [0, 0.05) is 24.3 Å². The molecular weight excluding hydrogens is 342 g/mol. The zero-order valence-corrected chi connectivity index (χ0v) is 12.5. The molecule has 0 aliphatic heterocycles. The zero-order valence-electron chi connectivity index (χ0n) is 11.0. The van der Waals surface area contributed by atoms with Gasteiger partial charge in [-0.1, -0.05) is 11.6 Å². The number of anilines is 1. The summed E-state index contributed by atoms with van der Waals surface area (Å²) >= 11 is 10.9. The summed E-state index contributed by atoms with van der Waals surface area (Å²) < 4.78 is 38.1. The second-order valence-corrected chi connectivity index (χ2v) is 4.74. The van der Waals surface area contributed by atoms with Gasteiger partial charge in [0.25, 0.3) is 5.91 Å². The minimum absolute atomic E-state index is 0.125. The predicted octanol–water partition coefficient (Wildman–Crippen LogP) is 3.53. The van der Waals surface area contributed by atoms with Gasteiger partial charge in [-0.15, -0.1) is 11.6 Å². The number of hydrogen-bond donors (Lipinski definition) is 2. The second-order valence-electron chi connectivity index (χ2n) is 3.96. The van der Waals surface area contributed by atoms with Crippen LogP contribution in [0.1, 0.15) is 5.56 Å². The van der Waals surface area contributed by atoms with E-state index in [0.29, 0.717) is 12.6 Å². The number of amides is 1. The van der Waals surface area contributed by atoms with Gasteiger partial charge < -0.3 is 10.6 Å². The highest BCUT2D eigenvalue weighted by Crippen LogP contribution is 2.36. The maximum absolute atomic E-state index is 12.7. The molecule has 0 aromatic heterocycles. The zero-order chi connectivity index (χ0) is 16.8. The minimum atomic E-state index is -4.65. The summed E-state index contributed by atoms with van der Waals surface area (Å²) in [5.74, 6) is -0.580. The van der Waals surface area contributed by atoms with Crippen molar-refractivity contribution < 1.29 is 18.0 Å². The first kappa shape index (κ1) is 18.1. The van der Waals surface area contributed by atoms with Crippen molar-refractivity contribution in [1.29, 1.82) is 5.26 Å². The molecule has 0 fully saturated rings. The average Bonchev–Trinajstić information content (AvgIpc) is 2.44. The molecule has 9 heteroatoms. The highest BCUT2D eigenvalue weighted by molar-refractivity contribution is 6.31. The molecule has 1 rings (SSSR count). The Morgan fingerprint density at radius 2 is 2.09 bits per heavy atom. The van der Waals surface area contributed by atoms with Gasteiger partial charge in [0.2, 0.25) is 0 Å². The van der Waals surface area contributed by atoms with Crippen LogP contribution in [0, 0.1) is 11.3 Å². The van der Waals surface area contributed by atoms with Crippen molar-refractivity contribution in [3.8, 4) is 6.07 Å². The van der Waals surface area contributed by atoms with Gasteiger partial charge in [-0.25, -0.2) is 0 Å². The largest absolute Gasteiger partial charge is 0.417 e. The molecule has 0 unspecified atom stereocenters. The first-order valence-corrected chi connectivity index (χ1v) is 6.78. The first-order valence-electron chi connectivity index (χ1n) is 5.87. The highest BCUT2D eigenvalue weighted by Gasteiger charge is 2.33. The third-order valence-electron chi connectivity index (χ3n) is 2.38. The third kappa shape index (κ3) is 5.13. The van der Waals surface area contributed by atoms with Gasteiger partial charge in [-0.3, -0.25) is 4.79 Å². The lowest BCUT2D eigenvalue weighted by atomic mass is 10.2. The monoisotopic (exact) mass is 351 g/mol. The van der Waals surface area contributed by atoms with E-state index in [9.17, 15) is 18.0 Å². The van der Waals surface area contributed by atoms with Crippen LogP contribution >= 0.6 is 23.2 Å². The maximum atomic E-state index is 12.7. The van der Waals surface area contributed by atoms with Gasteiger partial charge in [0.1, 0.15) is 11.6 Å². The minimum Gasteiger partial charge on any atom is -0.388 e. The van der Waals surface area contributed by atoms with Crippen molar-refractivity contribution in [3.05, 3.63) is 40.6 Å². The quantitative estimate of drug-likeness (QED) is 0.369. The van der Waals surface area contributed by atoms with Gasteiger partial charge >= 0.3 is 6.18 Å². The summed E-state index contributed by atoms with van der Waals surface area (Å²) in [6.07, 6.45) is -3.51. The maximum Gasteiger partial charge on any atom is 0.417 e. The molecule has 2 N–H and O–H groups in total. The van der Waals surface area contributed by atoms with Crippen LogP contribution in [0.2, 0.25) is 5.02 Å². The highest BCUT2D eigenvalue weighted by atomic mass is 35.5. The number of nitrogens with one attached hydrogen (secondary N) is 2. The van der Waals surface area contributed by atoms with E-state index in [1.54, 1.807) is 6.07 Å². The number of halogens is 5. The van der Waals surface area contributed by atoms with Crippen LogP contribution in [0.25, 0.3) is 0 Å². The number of carbonyl (C=O) groups excluding carboxylic acids is 1. The summed E-state index contributed by atoms with van der Waals surface area (Å²) in [7, 11) is 0. The Morgan fingerprint density at radius 3 is 2.64 bits per heavy atom. The molecule has 0 radical (unpaired) electrons. The second kappa shape index (κ2) is 7.92. The molecule has 0 atom stereocenters. The molecule has 1 amide bonds. The Hall–Kier alpha value is -1.91. The Morgan fingerprint density at radius 1 is 1.41 bits per heavy atom. The van der Waals surface area contributed by atoms with E-state index in [1.807, 2.05) is 0 Å². The Labute approximate surface area is 134 Å². The molecule has 0 aliphatic rings. The number of alkyl halides is 4. The summed E-state index contributed by atoms with van der Waals surface area (Å²) in [5, 5.41) is 13.2. The van der Waals surface area contributed by atoms with E-state index < -0.39 is 22.7 Å². The van der Waals surface area contributed by atoms with Gasteiger partial charge in [0.15, 0.2) is 0 Å². The van der Waals surface area contributed by atoms with Crippen molar-refractivity contribution in [2.75, 3.05) is 17.7 Å². The molecule has 118 valence electrons. The molecule has 0 saturated carbocycles. The normalized spacial score (nSPS) is 11.7. The van der Waals surface area contributed by atoms with Crippen molar-refractivity contribution in [2.45, 2.75) is 6.18 Å². The molecule has 1 aromatic rings. The van der Waals surface area contributed by atoms with Crippen LogP contribution in [-0.2, 0) is 11.0 Å². The lowest BCUT2D eigenvalue weighted by Crippen LogP contribution is -2.18. The van der Waals surface area contributed by atoms with E-state index in [4.69, 9.17) is 28.5 Å². The van der Waals surface area contributed by atoms with E-state index in [-0.39, 0.29) is 17.1 Å². The van der Waals surface area contributed by atoms with Crippen LogP contribution in [0.15, 0.2) is 30.0 Å². The van der Waals surface area contributed by atoms with E-state index in [0.717, 1.165) is 12.3 Å². The van der Waals surface area contributed by atoms with E-state index >= 15 is 0 Å². The molecule has 22 heavy (non-hydrogen) atoms. The molecule has 0 spiro atoms. The van der Waals surface area contributed by atoms with Gasteiger partial charge in [-0.2, -0.15) is 18.4 Å². The number of hydrogen-bond acceptors (Lipinski definition) is 3. The summed E-state index contributed by atoms with van der Waals surface area (Å²) in [5.41, 5.74) is -1.50. The van der Waals surface area contributed by atoms with Crippen LogP contribution in [0.4, 0.5) is 18.9 Å². The fourth-order valence-electron chi connectivity index (χ4n) is 1.40. The Balaban J connectivity index is 2.93. The predicted molar refractivity (Wildman–Crippen MR) is 77.5 cm³/mol. The lowest BCUT2D eigenvalue weighted by Gasteiger charge is -2.11. The standard InChI is InChI=1S/C13H10Cl2F3N3O/c14-3-4-20-7-8(6-19)12(22)21-9-1-2-11(15)10(5-9)13(16,17)18/h1-2,5,7,20H,3-4H2,(H,21,22)/b8-7-. The van der Waals surface area contributed by atoms with Gasteiger partial charge in [-0.05, 0) is 18.2 Å².